The molecular weight excluding hydrogens is 281 g/mol. The molecule has 0 fully saturated rings. The van der Waals surface area contributed by atoms with Gasteiger partial charge in [0.1, 0.15) is 5.82 Å². The summed E-state index contributed by atoms with van der Waals surface area (Å²) in [6.07, 6.45) is 0. The van der Waals surface area contributed by atoms with E-state index in [1.807, 2.05) is 37.4 Å². The molecule has 0 amide bonds. The Labute approximate surface area is 109 Å². The minimum Gasteiger partial charge on any atom is -0.316 e. The van der Waals surface area contributed by atoms with E-state index in [-0.39, 0.29) is 5.82 Å². The summed E-state index contributed by atoms with van der Waals surface area (Å²) in [5, 5.41) is 3.06. The second-order valence-corrected chi connectivity index (χ2v) is 4.76. The van der Waals surface area contributed by atoms with Crippen molar-refractivity contribution in [2.75, 3.05) is 7.05 Å². The molecule has 1 N–H and O–H groups in total. The van der Waals surface area contributed by atoms with Crippen LogP contribution in [0.3, 0.4) is 0 Å². The topological polar surface area (TPSA) is 12.0 Å². The molecule has 0 radical (unpaired) electrons. The van der Waals surface area contributed by atoms with Crippen LogP contribution >= 0.6 is 15.9 Å². The van der Waals surface area contributed by atoms with Gasteiger partial charge >= 0.3 is 0 Å². The molecule has 0 heterocycles. The predicted molar refractivity (Wildman–Crippen MR) is 72.3 cm³/mol. The summed E-state index contributed by atoms with van der Waals surface area (Å²) in [6.45, 7) is 0.652. The van der Waals surface area contributed by atoms with Gasteiger partial charge in [-0.05, 0) is 48.0 Å². The Kier molecular flexibility index (Phi) is 3.92. The SMILES string of the molecule is CNCc1cc(F)ccc1-c1cccc(Br)c1. The minimum atomic E-state index is -0.200. The van der Waals surface area contributed by atoms with Crippen LogP contribution in [-0.2, 0) is 6.54 Å². The summed E-state index contributed by atoms with van der Waals surface area (Å²) in [7, 11) is 1.86. The van der Waals surface area contributed by atoms with Gasteiger partial charge in [0, 0.05) is 11.0 Å². The summed E-state index contributed by atoms with van der Waals surface area (Å²) in [4.78, 5) is 0. The molecule has 2 aromatic rings. The standard InChI is InChI=1S/C14H13BrFN/c1-17-9-11-8-13(16)5-6-14(11)10-3-2-4-12(15)7-10/h2-8,17H,9H2,1H3. The first kappa shape index (κ1) is 12.3. The molecule has 0 aliphatic rings. The Morgan fingerprint density at radius 3 is 2.71 bits per heavy atom. The number of halogens is 2. The zero-order chi connectivity index (χ0) is 12.3. The fourth-order valence-corrected chi connectivity index (χ4v) is 2.24. The molecule has 0 aliphatic heterocycles. The van der Waals surface area contributed by atoms with E-state index in [1.54, 1.807) is 6.07 Å². The minimum absolute atomic E-state index is 0.200. The average molecular weight is 294 g/mol. The van der Waals surface area contributed by atoms with Crippen LogP contribution in [0.4, 0.5) is 4.39 Å². The van der Waals surface area contributed by atoms with Gasteiger partial charge in [0.15, 0.2) is 0 Å². The predicted octanol–water partition coefficient (Wildman–Crippen LogP) is 3.97. The molecule has 0 unspecified atom stereocenters. The van der Waals surface area contributed by atoms with Gasteiger partial charge in [-0.1, -0.05) is 34.1 Å². The maximum Gasteiger partial charge on any atom is 0.123 e. The van der Waals surface area contributed by atoms with Crippen molar-refractivity contribution in [3.63, 3.8) is 0 Å². The smallest absolute Gasteiger partial charge is 0.123 e. The number of nitrogens with one attached hydrogen (secondary N) is 1. The van der Waals surface area contributed by atoms with Crippen LogP contribution in [0.2, 0.25) is 0 Å². The van der Waals surface area contributed by atoms with E-state index in [1.165, 1.54) is 6.07 Å². The molecule has 0 spiro atoms. The molecule has 0 saturated carbocycles. The van der Waals surface area contributed by atoms with Gasteiger partial charge in [0.2, 0.25) is 0 Å². The fourth-order valence-electron chi connectivity index (χ4n) is 1.84. The van der Waals surface area contributed by atoms with Crippen molar-refractivity contribution < 1.29 is 4.39 Å². The van der Waals surface area contributed by atoms with Crippen LogP contribution in [0.1, 0.15) is 5.56 Å². The quantitative estimate of drug-likeness (QED) is 0.903. The number of benzene rings is 2. The summed E-state index contributed by atoms with van der Waals surface area (Å²) < 4.78 is 14.3. The normalized spacial score (nSPS) is 10.5. The average Bonchev–Trinajstić information content (AvgIpc) is 2.29. The van der Waals surface area contributed by atoms with Crippen LogP contribution in [0, 0.1) is 5.82 Å². The van der Waals surface area contributed by atoms with Crippen molar-refractivity contribution in [1.29, 1.82) is 0 Å². The third kappa shape index (κ3) is 2.93. The van der Waals surface area contributed by atoms with Crippen LogP contribution < -0.4 is 5.32 Å². The van der Waals surface area contributed by atoms with Crippen molar-refractivity contribution >= 4 is 15.9 Å². The molecule has 2 aromatic carbocycles. The van der Waals surface area contributed by atoms with Gasteiger partial charge in [0.05, 0.1) is 0 Å². The zero-order valence-electron chi connectivity index (χ0n) is 9.50. The first-order valence-electron chi connectivity index (χ1n) is 5.39. The van der Waals surface area contributed by atoms with Gasteiger partial charge in [-0.3, -0.25) is 0 Å². The van der Waals surface area contributed by atoms with Gasteiger partial charge in [-0.2, -0.15) is 0 Å². The van der Waals surface area contributed by atoms with E-state index in [9.17, 15) is 4.39 Å². The highest BCUT2D eigenvalue weighted by Gasteiger charge is 2.06. The van der Waals surface area contributed by atoms with Gasteiger partial charge in [-0.25, -0.2) is 4.39 Å². The lowest BCUT2D eigenvalue weighted by Gasteiger charge is -2.10. The lowest BCUT2D eigenvalue weighted by Crippen LogP contribution is -2.06. The maximum absolute atomic E-state index is 13.2. The van der Waals surface area contributed by atoms with Crippen molar-refractivity contribution in [2.45, 2.75) is 6.54 Å². The third-order valence-electron chi connectivity index (χ3n) is 2.57. The first-order chi connectivity index (χ1) is 8.20. The van der Waals surface area contributed by atoms with E-state index in [2.05, 4.69) is 21.2 Å². The molecule has 88 valence electrons. The van der Waals surface area contributed by atoms with E-state index >= 15 is 0 Å². The second kappa shape index (κ2) is 5.43. The van der Waals surface area contributed by atoms with Crippen LogP contribution in [0.15, 0.2) is 46.9 Å². The highest BCUT2D eigenvalue weighted by atomic mass is 79.9. The van der Waals surface area contributed by atoms with E-state index in [0.29, 0.717) is 6.54 Å². The molecule has 0 saturated heterocycles. The Hall–Kier alpha value is -1.19. The Morgan fingerprint density at radius 1 is 1.18 bits per heavy atom. The molecule has 0 aromatic heterocycles. The molecular formula is C14H13BrFN. The van der Waals surface area contributed by atoms with Crippen molar-refractivity contribution in [2.24, 2.45) is 0 Å². The van der Waals surface area contributed by atoms with E-state index < -0.39 is 0 Å². The van der Waals surface area contributed by atoms with Crippen LogP contribution in [0.25, 0.3) is 11.1 Å². The third-order valence-corrected chi connectivity index (χ3v) is 3.06. The van der Waals surface area contributed by atoms with Gasteiger partial charge < -0.3 is 5.32 Å². The summed E-state index contributed by atoms with van der Waals surface area (Å²) in [6, 6.07) is 12.9. The van der Waals surface area contributed by atoms with Crippen molar-refractivity contribution in [3.8, 4) is 11.1 Å². The Morgan fingerprint density at radius 2 is 2.00 bits per heavy atom. The first-order valence-corrected chi connectivity index (χ1v) is 6.19. The number of hydrogen-bond acceptors (Lipinski definition) is 1. The van der Waals surface area contributed by atoms with Gasteiger partial charge in [0.25, 0.3) is 0 Å². The lowest BCUT2D eigenvalue weighted by molar-refractivity contribution is 0.624. The van der Waals surface area contributed by atoms with Crippen LogP contribution in [-0.4, -0.2) is 7.05 Å². The molecule has 0 aliphatic carbocycles. The molecule has 1 nitrogen and oxygen atoms in total. The monoisotopic (exact) mass is 293 g/mol. The van der Waals surface area contributed by atoms with Gasteiger partial charge in [-0.15, -0.1) is 0 Å². The summed E-state index contributed by atoms with van der Waals surface area (Å²) in [5.74, 6) is -0.200. The summed E-state index contributed by atoms with van der Waals surface area (Å²) in [5.41, 5.74) is 3.11. The van der Waals surface area contributed by atoms with E-state index in [4.69, 9.17) is 0 Å². The van der Waals surface area contributed by atoms with Crippen LogP contribution in [0.5, 0.6) is 0 Å². The molecule has 3 heteroatoms. The van der Waals surface area contributed by atoms with Crippen molar-refractivity contribution in [1.82, 2.24) is 5.32 Å². The Balaban J connectivity index is 2.50. The summed E-state index contributed by atoms with van der Waals surface area (Å²) >= 11 is 3.45. The molecule has 2 rings (SSSR count). The maximum atomic E-state index is 13.2. The molecule has 0 bridgehead atoms. The lowest BCUT2D eigenvalue weighted by atomic mass is 9.99. The molecule has 17 heavy (non-hydrogen) atoms. The fraction of sp³-hybridized carbons (Fsp3) is 0.143. The van der Waals surface area contributed by atoms with Crippen molar-refractivity contribution in [3.05, 3.63) is 58.3 Å². The largest absolute Gasteiger partial charge is 0.316 e. The number of hydrogen-bond donors (Lipinski definition) is 1. The van der Waals surface area contributed by atoms with E-state index in [0.717, 1.165) is 21.2 Å². The number of rotatable bonds is 3. The Bertz CT molecular complexity index is 525. The molecule has 0 atom stereocenters. The second-order valence-electron chi connectivity index (χ2n) is 3.84. The highest BCUT2D eigenvalue weighted by Crippen LogP contribution is 2.26. The zero-order valence-corrected chi connectivity index (χ0v) is 11.1. The highest BCUT2D eigenvalue weighted by molar-refractivity contribution is 9.10.